The summed E-state index contributed by atoms with van der Waals surface area (Å²) in [6, 6.07) is 14.2. The van der Waals surface area contributed by atoms with E-state index in [-0.39, 0.29) is 53.4 Å². The van der Waals surface area contributed by atoms with Crippen molar-refractivity contribution in [2.24, 2.45) is 35.5 Å². The zero-order valence-corrected chi connectivity index (χ0v) is 17.6. The van der Waals surface area contributed by atoms with Gasteiger partial charge < -0.3 is 0 Å². The standard InChI is InChI=1S/C25H21N3O5/c29-23(14-5-4-8-16(11-14)28(32)33)26(15-6-2-1-3-7-15)13-27-24(30)21-17-9-10-18(20-12-19(17)20)22(21)25(27)31/h1-11,17-22H,12-13H2. The van der Waals surface area contributed by atoms with Crippen LogP contribution in [-0.4, -0.2) is 34.2 Å². The van der Waals surface area contributed by atoms with Crippen molar-refractivity contribution in [2.45, 2.75) is 6.42 Å². The molecule has 6 atom stereocenters. The molecule has 3 fully saturated rings. The van der Waals surface area contributed by atoms with Gasteiger partial charge in [0.05, 0.1) is 16.8 Å². The Labute approximate surface area is 189 Å². The lowest BCUT2D eigenvalue weighted by Gasteiger charge is -2.37. The van der Waals surface area contributed by atoms with Gasteiger partial charge in [0.1, 0.15) is 6.67 Å². The van der Waals surface area contributed by atoms with Gasteiger partial charge in [0.25, 0.3) is 11.6 Å². The van der Waals surface area contributed by atoms with Crippen LogP contribution < -0.4 is 4.90 Å². The lowest BCUT2D eigenvalue weighted by atomic mass is 9.63. The molecule has 166 valence electrons. The lowest BCUT2D eigenvalue weighted by molar-refractivity contribution is -0.384. The Balaban J connectivity index is 1.34. The molecule has 4 aliphatic carbocycles. The van der Waals surface area contributed by atoms with Gasteiger partial charge in [-0.25, -0.2) is 0 Å². The van der Waals surface area contributed by atoms with Crippen molar-refractivity contribution in [1.82, 2.24) is 4.90 Å². The molecule has 1 saturated heterocycles. The molecule has 33 heavy (non-hydrogen) atoms. The van der Waals surface area contributed by atoms with E-state index in [4.69, 9.17) is 0 Å². The van der Waals surface area contributed by atoms with Gasteiger partial charge in [-0.15, -0.1) is 0 Å². The number of non-ortho nitro benzene ring substituents is 1. The number of carbonyl (C=O) groups excluding carboxylic acids is 3. The molecule has 0 aromatic heterocycles. The summed E-state index contributed by atoms with van der Waals surface area (Å²) >= 11 is 0. The molecular formula is C25H21N3O5. The largest absolute Gasteiger partial charge is 0.290 e. The van der Waals surface area contributed by atoms with Gasteiger partial charge in [0, 0.05) is 23.4 Å². The predicted molar refractivity (Wildman–Crippen MR) is 118 cm³/mol. The number of nitro groups is 1. The van der Waals surface area contributed by atoms with Gasteiger partial charge in [-0.1, -0.05) is 36.4 Å². The van der Waals surface area contributed by atoms with E-state index in [0.717, 1.165) is 6.42 Å². The van der Waals surface area contributed by atoms with Crippen LogP contribution >= 0.6 is 0 Å². The number of nitro benzene ring substituents is 1. The summed E-state index contributed by atoms with van der Waals surface area (Å²) in [7, 11) is 0. The number of amides is 3. The summed E-state index contributed by atoms with van der Waals surface area (Å²) in [6.07, 6.45) is 5.30. The van der Waals surface area contributed by atoms with Crippen LogP contribution in [-0.2, 0) is 9.59 Å². The number of carbonyl (C=O) groups is 3. The fourth-order valence-electron chi connectivity index (χ4n) is 6.08. The number of rotatable bonds is 5. The Hall–Kier alpha value is -3.81. The SMILES string of the molecule is O=C1C2C3C=CC(C4CC34)C2C(=O)N1CN(C(=O)c1cccc([N+](=O)[O-])c1)c1ccccc1. The lowest BCUT2D eigenvalue weighted by Crippen LogP contribution is -2.45. The number of anilines is 1. The third-order valence-corrected chi connectivity index (χ3v) is 7.65. The molecule has 7 rings (SSSR count). The maximum absolute atomic E-state index is 13.5. The molecule has 5 aliphatic rings. The second-order valence-electron chi connectivity index (χ2n) is 9.28. The monoisotopic (exact) mass is 443 g/mol. The van der Waals surface area contributed by atoms with Crippen LogP contribution in [0.2, 0.25) is 0 Å². The van der Waals surface area contributed by atoms with E-state index >= 15 is 0 Å². The molecule has 2 aromatic carbocycles. The fourth-order valence-corrected chi connectivity index (χ4v) is 6.08. The highest BCUT2D eigenvalue weighted by Gasteiger charge is 2.67. The van der Waals surface area contributed by atoms with Crippen molar-refractivity contribution in [2.75, 3.05) is 11.6 Å². The molecule has 3 amide bonds. The van der Waals surface area contributed by atoms with Gasteiger partial charge in [-0.2, -0.15) is 0 Å². The first-order valence-corrected chi connectivity index (χ1v) is 11.1. The number of benzene rings is 2. The Morgan fingerprint density at radius 3 is 2.21 bits per heavy atom. The molecule has 2 bridgehead atoms. The van der Waals surface area contributed by atoms with Crippen LogP contribution in [0, 0.1) is 45.6 Å². The topological polar surface area (TPSA) is 101 Å². The van der Waals surface area contributed by atoms with E-state index in [2.05, 4.69) is 12.2 Å². The maximum atomic E-state index is 13.5. The number of allylic oxidation sites excluding steroid dienone is 2. The molecule has 1 aliphatic heterocycles. The smallest absolute Gasteiger partial charge is 0.270 e. The minimum atomic E-state index is -0.560. The number of para-hydroxylation sites is 1. The van der Waals surface area contributed by atoms with Crippen LogP contribution in [0.1, 0.15) is 16.8 Å². The summed E-state index contributed by atoms with van der Waals surface area (Å²) in [5.74, 6) is -0.449. The molecule has 1 heterocycles. The van der Waals surface area contributed by atoms with Gasteiger partial charge in [-0.3, -0.25) is 34.3 Å². The van der Waals surface area contributed by atoms with Crippen LogP contribution in [0.15, 0.2) is 66.7 Å². The average molecular weight is 443 g/mol. The second kappa shape index (κ2) is 7.10. The Morgan fingerprint density at radius 1 is 0.970 bits per heavy atom. The first-order valence-electron chi connectivity index (χ1n) is 11.1. The van der Waals surface area contributed by atoms with Crippen molar-refractivity contribution >= 4 is 29.1 Å². The van der Waals surface area contributed by atoms with E-state index in [9.17, 15) is 24.5 Å². The molecule has 2 saturated carbocycles. The van der Waals surface area contributed by atoms with Gasteiger partial charge >= 0.3 is 0 Å². The molecular weight excluding hydrogens is 422 g/mol. The number of imide groups is 1. The summed E-state index contributed by atoms with van der Waals surface area (Å²) < 4.78 is 0. The zero-order valence-electron chi connectivity index (χ0n) is 17.6. The summed E-state index contributed by atoms with van der Waals surface area (Å²) in [6.45, 7) is -0.217. The average Bonchev–Trinajstić information content (AvgIpc) is 3.62. The van der Waals surface area contributed by atoms with Gasteiger partial charge in [-0.05, 0) is 48.3 Å². The van der Waals surface area contributed by atoms with Crippen molar-refractivity contribution < 1.29 is 19.3 Å². The number of hydrogen-bond acceptors (Lipinski definition) is 5. The molecule has 6 unspecified atom stereocenters. The Kier molecular flexibility index (Phi) is 4.27. The maximum Gasteiger partial charge on any atom is 0.270 e. The number of hydrogen-bond donors (Lipinski definition) is 0. The first kappa shape index (κ1) is 19.8. The predicted octanol–water partition coefficient (Wildman–Crippen LogP) is 3.25. The second-order valence-corrected chi connectivity index (χ2v) is 9.28. The highest BCUT2D eigenvalue weighted by molar-refractivity contribution is 6.10. The van der Waals surface area contributed by atoms with Crippen molar-refractivity contribution in [3.8, 4) is 0 Å². The molecule has 8 nitrogen and oxygen atoms in total. The minimum Gasteiger partial charge on any atom is -0.290 e. The fraction of sp³-hybridized carbons (Fsp3) is 0.320. The summed E-state index contributed by atoms with van der Waals surface area (Å²) in [5.41, 5.74) is 0.427. The van der Waals surface area contributed by atoms with E-state index in [1.807, 2.05) is 0 Å². The van der Waals surface area contributed by atoms with Crippen LogP contribution in [0.25, 0.3) is 0 Å². The minimum absolute atomic E-state index is 0.101. The molecule has 0 radical (unpaired) electrons. The normalized spacial score (nSPS) is 30.7. The third-order valence-electron chi connectivity index (χ3n) is 7.65. The first-order chi connectivity index (χ1) is 16.0. The molecule has 8 heteroatoms. The number of nitrogens with zero attached hydrogens (tertiary/aromatic N) is 3. The Morgan fingerprint density at radius 2 is 1.61 bits per heavy atom. The quantitative estimate of drug-likeness (QED) is 0.306. The Bertz CT molecular complexity index is 1190. The number of likely N-dealkylation sites (tertiary alicyclic amines) is 1. The van der Waals surface area contributed by atoms with Gasteiger partial charge in [0.15, 0.2) is 0 Å². The summed E-state index contributed by atoms with van der Waals surface area (Å²) in [4.78, 5) is 53.5. The molecule has 0 N–H and O–H groups in total. The highest BCUT2D eigenvalue weighted by atomic mass is 16.6. The van der Waals surface area contributed by atoms with Crippen LogP contribution in [0.3, 0.4) is 0 Å². The van der Waals surface area contributed by atoms with Crippen molar-refractivity contribution in [3.63, 3.8) is 0 Å². The molecule has 2 aromatic rings. The van der Waals surface area contributed by atoms with E-state index in [1.165, 1.54) is 34.1 Å². The van der Waals surface area contributed by atoms with Gasteiger partial charge in [0.2, 0.25) is 11.8 Å². The third kappa shape index (κ3) is 2.93. The summed E-state index contributed by atoms with van der Waals surface area (Å²) in [5, 5.41) is 11.2. The van der Waals surface area contributed by atoms with Crippen LogP contribution in [0.4, 0.5) is 11.4 Å². The molecule has 0 spiro atoms. The van der Waals surface area contributed by atoms with E-state index in [0.29, 0.717) is 17.5 Å². The van der Waals surface area contributed by atoms with Crippen LogP contribution in [0.5, 0.6) is 0 Å². The van der Waals surface area contributed by atoms with E-state index < -0.39 is 10.8 Å². The highest BCUT2D eigenvalue weighted by Crippen LogP contribution is 2.65. The van der Waals surface area contributed by atoms with Crippen molar-refractivity contribution in [1.29, 1.82) is 0 Å². The zero-order chi connectivity index (χ0) is 22.9. The van der Waals surface area contributed by atoms with Crippen molar-refractivity contribution in [3.05, 3.63) is 82.4 Å². The van der Waals surface area contributed by atoms with E-state index in [1.54, 1.807) is 30.3 Å².